The molecule has 64 valence electrons. The molecule has 1 nitrogen and oxygen atoms in total. The lowest BCUT2D eigenvalue weighted by Gasteiger charge is -2.47. The Kier molecular flexibility index (Phi) is 1.92. The van der Waals surface area contributed by atoms with Gasteiger partial charge in [-0.05, 0) is 30.6 Å². The Morgan fingerprint density at radius 3 is 2.18 bits per heavy atom. The summed E-state index contributed by atoms with van der Waals surface area (Å²) in [4.78, 5) is 2.66. The zero-order valence-electron chi connectivity index (χ0n) is 7.71. The van der Waals surface area contributed by atoms with Gasteiger partial charge in [0, 0.05) is 19.6 Å². The first kappa shape index (κ1) is 7.60. The van der Waals surface area contributed by atoms with Gasteiger partial charge in [0.1, 0.15) is 0 Å². The largest absolute Gasteiger partial charge is 0.303 e. The first-order valence-corrected chi connectivity index (χ1v) is 4.96. The summed E-state index contributed by atoms with van der Waals surface area (Å²) in [6.07, 6.45) is 3.07. The highest BCUT2D eigenvalue weighted by Gasteiger charge is 2.36. The second-order valence-electron chi connectivity index (χ2n) is 4.82. The molecule has 0 amide bonds. The highest BCUT2D eigenvalue weighted by atomic mass is 15.1. The van der Waals surface area contributed by atoms with Crippen molar-refractivity contribution in [1.29, 1.82) is 0 Å². The van der Waals surface area contributed by atoms with Gasteiger partial charge in [0.25, 0.3) is 0 Å². The fourth-order valence-corrected chi connectivity index (χ4v) is 2.64. The van der Waals surface area contributed by atoms with Crippen LogP contribution in [0.1, 0.15) is 26.7 Å². The average Bonchev–Trinajstić information content (AvgIpc) is 1.83. The van der Waals surface area contributed by atoms with Crippen molar-refractivity contribution in [3.8, 4) is 0 Å². The van der Waals surface area contributed by atoms with Gasteiger partial charge < -0.3 is 4.90 Å². The normalized spacial score (nSPS) is 37.4. The maximum atomic E-state index is 2.66. The molecule has 2 heterocycles. The number of nitrogens with zero attached hydrogens (tertiary/aromatic N) is 1. The molecule has 3 fully saturated rings. The highest BCUT2D eigenvalue weighted by molar-refractivity contribution is 4.89. The molecule has 11 heavy (non-hydrogen) atoms. The van der Waals surface area contributed by atoms with Crippen molar-refractivity contribution < 1.29 is 0 Å². The molecule has 0 aromatic carbocycles. The van der Waals surface area contributed by atoms with Crippen LogP contribution in [-0.4, -0.2) is 24.5 Å². The summed E-state index contributed by atoms with van der Waals surface area (Å²) in [5.74, 6) is 3.01. The second kappa shape index (κ2) is 2.78. The molecule has 2 saturated heterocycles. The summed E-state index contributed by atoms with van der Waals surface area (Å²) in [7, 11) is 0. The molecule has 0 spiro atoms. The van der Waals surface area contributed by atoms with Gasteiger partial charge in [0.15, 0.2) is 0 Å². The Labute approximate surface area is 69.8 Å². The number of fused-ring (bicyclic) bond motifs is 2. The van der Waals surface area contributed by atoms with Crippen molar-refractivity contribution in [1.82, 2.24) is 4.90 Å². The van der Waals surface area contributed by atoms with E-state index in [-0.39, 0.29) is 0 Å². The molecule has 3 rings (SSSR count). The van der Waals surface area contributed by atoms with Crippen LogP contribution in [0.3, 0.4) is 0 Å². The van der Waals surface area contributed by atoms with E-state index in [0.717, 1.165) is 17.8 Å². The minimum atomic E-state index is 0.854. The molecule has 0 unspecified atom stereocenters. The molecule has 0 aromatic heterocycles. The minimum absolute atomic E-state index is 0.854. The van der Waals surface area contributed by atoms with Crippen LogP contribution >= 0.6 is 0 Å². The molecule has 2 aliphatic heterocycles. The molecule has 1 heteroatoms. The monoisotopic (exact) mass is 153 g/mol. The maximum absolute atomic E-state index is 2.66. The van der Waals surface area contributed by atoms with Crippen LogP contribution in [0.25, 0.3) is 0 Å². The number of hydrogen-bond acceptors (Lipinski definition) is 1. The summed E-state index contributed by atoms with van der Waals surface area (Å²) in [5, 5.41) is 0. The summed E-state index contributed by atoms with van der Waals surface area (Å²) >= 11 is 0. The predicted molar refractivity (Wildman–Crippen MR) is 47.5 cm³/mol. The van der Waals surface area contributed by atoms with E-state index in [0.29, 0.717) is 0 Å². The Hall–Kier alpha value is -0.0400. The van der Waals surface area contributed by atoms with E-state index in [1.807, 2.05) is 0 Å². The summed E-state index contributed by atoms with van der Waals surface area (Å²) in [5.41, 5.74) is 0. The average molecular weight is 153 g/mol. The first-order chi connectivity index (χ1) is 5.24. The molecule has 3 aliphatic rings. The number of piperidine rings is 2. The van der Waals surface area contributed by atoms with Crippen LogP contribution in [-0.2, 0) is 0 Å². The Morgan fingerprint density at radius 1 is 1.18 bits per heavy atom. The fourth-order valence-electron chi connectivity index (χ4n) is 2.64. The lowest BCUT2D eigenvalue weighted by atomic mass is 9.71. The van der Waals surface area contributed by atoms with Crippen LogP contribution in [0.15, 0.2) is 0 Å². The van der Waals surface area contributed by atoms with Gasteiger partial charge in [-0.1, -0.05) is 13.8 Å². The van der Waals surface area contributed by atoms with E-state index in [4.69, 9.17) is 0 Å². The van der Waals surface area contributed by atoms with Crippen LogP contribution in [0.2, 0.25) is 0 Å². The quantitative estimate of drug-likeness (QED) is 0.586. The minimum Gasteiger partial charge on any atom is -0.303 e. The van der Waals surface area contributed by atoms with E-state index in [2.05, 4.69) is 18.7 Å². The lowest BCUT2D eigenvalue weighted by Crippen LogP contribution is -2.49. The van der Waals surface area contributed by atoms with Crippen molar-refractivity contribution in [2.24, 2.45) is 17.8 Å². The van der Waals surface area contributed by atoms with Crippen LogP contribution < -0.4 is 0 Å². The van der Waals surface area contributed by atoms with Crippen molar-refractivity contribution in [2.45, 2.75) is 26.7 Å². The van der Waals surface area contributed by atoms with E-state index < -0.39 is 0 Å². The first-order valence-electron chi connectivity index (χ1n) is 4.96. The van der Waals surface area contributed by atoms with Crippen LogP contribution in [0, 0.1) is 17.8 Å². The molecule has 1 saturated carbocycles. The SMILES string of the molecule is CC(C)CN1CC2CC(C2)C1. The van der Waals surface area contributed by atoms with Gasteiger partial charge >= 0.3 is 0 Å². The van der Waals surface area contributed by atoms with Gasteiger partial charge in [-0.2, -0.15) is 0 Å². The van der Waals surface area contributed by atoms with Gasteiger partial charge in [-0.3, -0.25) is 0 Å². The smallest absolute Gasteiger partial charge is 0.00101 e. The highest BCUT2D eigenvalue weighted by Crippen LogP contribution is 2.39. The standard InChI is InChI=1S/C10H19N/c1-8(2)5-11-6-9-3-10(4-9)7-11/h8-10H,3-7H2,1-2H3. The van der Waals surface area contributed by atoms with Crippen LogP contribution in [0.4, 0.5) is 0 Å². The lowest BCUT2D eigenvalue weighted by molar-refractivity contribution is 0.0213. The third-order valence-corrected chi connectivity index (χ3v) is 2.99. The molecule has 0 aromatic rings. The van der Waals surface area contributed by atoms with Crippen LogP contribution in [0.5, 0.6) is 0 Å². The predicted octanol–water partition coefficient (Wildman–Crippen LogP) is 1.98. The molecule has 0 radical (unpaired) electrons. The number of hydrogen-bond donors (Lipinski definition) is 0. The Bertz CT molecular complexity index is 123. The third kappa shape index (κ3) is 1.58. The van der Waals surface area contributed by atoms with Crippen molar-refractivity contribution in [3.63, 3.8) is 0 Å². The molecule has 0 atom stereocenters. The van der Waals surface area contributed by atoms with Crippen molar-refractivity contribution in [3.05, 3.63) is 0 Å². The van der Waals surface area contributed by atoms with E-state index in [1.165, 1.54) is 32.5 Å². The Morgan fingerprint density at radius 2 is 1.73 bits per heavy atom. The molecule has 1 aliphatic carbocycles. The summed E-state index contributed by atoms with van der Waals surface area (Å²) in [6.45, 7) is 8.76. The number of rotatable bonds is 2. The topological polar surface area (TPSA) is 3.24 Å². The second-order valence-corrected chi connectivity index (χ2v) is 4.82. The Balaban J connectivity index is 1.79. The molecule has 2 bridgehead atoms. The van der Waals surface area contributed by atoms with E-state index in [1.54, 1.807) is 0 Å². The van der Waals surface area contributed by atoms with Crippen molar-refractivity contribution >= 4 is 0 Å². The zero-order valence-corrected chi connectivity index (χ0v) is 7.71. The summed E-state index contributed by atoms with van der Waals surface area (Å²) < 4.78 is 0. The van der Waals surface area contributed by atoms with Gasteiger partial charge in [0.2, 0.25) is 0 Å². The zero-order chi connectivity index (χ0) is 7.84. The van der Waals surface area contributed by atoms with Gasteiger partial charge in [-0.25, -0.2) is 0 Å². The maximum Gasteiger partial charge on any atom is 0.00101 e. The molecular formula is C10H19N. The summed E-state index contributed by atoms with van der Waals surface area (Å²) in [6, 6.07) is 0. The third-order valence-electron chi connectivity index (χ3n) is 2.99. The van der Waals surface area contributed by atoms with Gasteiger partial charge in [-0.15, -0.1) is 0 Å². The van der Waals surface area contributed by atoms with Crippen molar-refractivity contribution in [2.75, 3.05) is 19.6 Å². The molecule has 0 N–H and O–H groups in total. The van der Waals surface area contributed by atoms with E-state index in [9.17, 15) is 0 Å². The van der Waals surface area contributed by atoms with E-state index >= 15 is 0 Å². The van der Waals surface area contributed by atoms with Gasteiger partial charge in [0.05, 0.1) is 0 Å². The molecular weight excluding hydrogens is 134 g/mol. The fraction of sp³-hybridized carbons (Fsp3) is 1.00.